The molecule has 43 heavy (non-hydrogen) atoms. The number of urea groups is 1. The third kappa shape index (κ3) is 15.9. The number of carbonyl (C=O) groups is 4. The lowest BCUT2D eigenvalue weighted by molar-refractivity contribution is -0.137. The van der Waals surface area contributed by atoms with Crippen LogP contribution in [0.3, 0.4) is 0 Å². The first kappa shape index (κ1) is 37.0. The lowest BCUT2D eigenvalue weighted by atomic mass is 10.0. The summed E-state index contributed by atoms with van der Waals surface area (Å²) in [6, 6.07) is -0.768. The van der Waals surface area contributed by atoms with Gasteiger partial charge >= 0.3 is 18.1 Å². The summed E-state index contributed by atoms with van der Waals surface area (Å²) >= 11 is 1.72. The summed E-state index contributed by atoms with van der Waals surface area (Å²) in [6.07, 6.45) is 24.4. The zero-order valence-corrected chi connectivity index (χ0v) is 27.3. The van der Waals surface area contributed by atoms with Gasteiger partial charge in [-0.25, -0.2) is 14.5 Å². The highest BCUT2D eigenvalue weighted by molar-refractivity contribution is 8.00. The van der Waals surface area contributed by atoms with Crippen molar-refractivity contribution in [3.05, 3.63) is 12.2 Å². The molecular formula is C33H57N3O6S. The lowest BCUT2D eigenvalue weighted by Gasteiger charge is -2.19. The largest absolute Gasteiger partial charge is 0.481 e. The van der Waals surface area contributed by atoms with Crippen LogP contribution in [0.15, 0.2) is 12.2 Å². The molecule has 0 aliphatic carbocycles. The second-order valence-corrected chi connectivity index (χ2v) is 13.2. The van der Waals surface area contributed by atoms with Gasteiger partial charge in [-0.15, -0.1) is 0 Å². The van der Waals surface area contributed by atoms with Crippen molar-refractivity contribution in [2.45, 2.75) is 153 Å². The number of amides is 4. The van der Waals surface area contributed by atoms with Gasteiger partial charge in [-0.05, 0) is 57.8 Å². The van der Waals surface area contributed by atoms with E-state index >= 15 is 0 Å². The number of hydrogen-bond acceptors (Lipinski definition) is 6. The van der Waals surface area contributed by atoms with Gasteiger partial charge in [0.2, 0.25) is 5.91 Å². The number of thioether (sulfide) groups is 1. The van der Waals surface area contributed by atoms with E-state index in [0.29, 0.717) is 38.0 Å². The standard InChI is InChI=1S/C33H57N3O6S/c1-2-3-4-5-6-7-8-9-10-11-12-13-14-15-16-22-29(37)34-24-19-20-25-42-33(41)36-27-26-43-28(31(27)35-32(36)40)21-17-18-23-30(38)39/h9-10,27-28,31H,2-8,11-26H2,1H3,(H,34,37)(H,35,40)(H,38,39). The van der Waals surface area contributed by atoms with Crippen LogP contribution in [0.25, 0.3) is 0 Å². The van der Waals surface area contributed by atoms with Crippen LogP contribution in [0.2, 0.25) is 0 Å². The molecule has 2 aliphatic rings. The maximum atomic E-state index is 12.6. The quantitative estimate of drug-likeness (QED) is 0.0544. The molecule has 3 atom stereocenters. The molecule has 2 aliphatic heterocycles. The maximum absolute atomic E-state index is 12.6. The molecule has 0 aromatic carbocycles. The minimum Gasteiger partial charge on any atom is -0.481 e. The number of rotatable bonds is 25. The predicted molar refractivity (Wildman–Crippen MR) is 173 cm³/mol. The molecule has 2 rings (SSSR count). The number of nitrogens with zero attached hydrogens (tertiary/aromatic N) is 1. The fourth-order valence-corrected chi connectivity index (χ4v) is 7.29. The minimum absolute atomic E-state index is 0.0747. The molecule has 2 saturated heterocycles. The Morgan fingerprint density at radius 2 is 1.56 bits per heavy atom. The Morgan fingerprint density at radius 3 is 2.26 bits per heavy atom. The van der Waals surface area contributed by atoms with Gasteiger partial charge in [0.25, 0.3) is 0 Å². The van der Waals surface area contributed by atoms with Crippen molar-refractivity contribution in [3.8, 4) is 0 Å². The number of imide groups is 1. The van der Waals surface area contributed by atoms with E-state index in [4.69, 9.17) is 9.84 Å². The molecular weight excluding hydrogens is 566 g/mol. The SMILES string of the molecule is CCCCCCCCC=CCCCCCCCC(=O)NCCCCOC(=O)N1C(=O)NC2C(CCCCC(=O)O)SCC21. The number of allylic oxidation sites excluding steroid dienone is 2. The van der Waals surface area contributed by atoms with Gasteiger partial charge in [0.05, 0.1) is 18.7 Å². The van der Waals surface area contributed by atoms with Gasteiger partial charge in [0, 0.05) is 30.4 Å². The molecule has 9 nitrogen and oxygen atoms in total. The van der Waals surface area contributed by atoms with Crippen LogP contribution >= 0.6 is 11.8 Å². The Kier molecular flexibility index (Phi) is 19.9. The van der Waals surface area contributed by atoms with Crippen LogP contribution in [0.1, 0.15) is 135 Å². The first-order valence-electron chi connectivity index (χ1n) is 17.0. The number of carboxylic acid groups (broad SMARTS) is 1. The number of hydrogen-bond donors (Lipinski definition) is 3. The van der Waals surface area contributed by atoms with Gasteiger partial charge < -0.3 is 20.5 Å². The van der Waals surface area contributed by atoms with Gasteiger partial charge in [-0.2, -0.15) is 11.8 Å². The van der Waals surface area contributed by atoms with Gasteiger partial charge in [0.15, 0.2) is 0 Å². The Morgan fingerprint density at radius 1 is 0.907 bits per heavy atom. The summed E-state index contributed by atoms with van der Waals surface area (Å²) in [5.74, 6) is -0.0630. The van der Waals surface area contributed by atoms with E-state index < -0.39 is 18.1 Å². The van der Waals surface area contributed by atoms with E-state index in [1.807, 2.05) is 0 Å². The minimum atomic E-state index is -0.795. The molecule has 0 saturated carbocycles. The third-order valence-electron chi connectivity index (χ3n) is 8.25. The summed E-state index contributed by atoms with van der Waals surface area (Å²) in [5, 5.41) is 14.8. The van der Waals surface area contributed by atoms with Crippen molar-refractivity contribution in [2.24, 2.45) is 0 Å². The highest BCUT2D eigenvalue weighted by Gasteiger charge is 2.50. The molecule has 3 N–H and O–H groups in total. The number of carbonyl (C=O) groups excluding carboxylic acids is 3. The zero-order chi connectivity index (χ0) is 31.1. The van der Waals surface area contributed by atoms with Crippen LogP contribution in [0.5, 0.6) is 0 Å². The van der Waals surface area contributed by atoms with Crippen LogP contribution in [0, 0.1) is 0 Å². The van der Waals surface area contributed by atoms with E-state index in [1.54, 1.807) is 11.8 Å². The van der Waals surface area contributed by atoms with Crippen molar-refractivity contribution in [1.82, 2.24) is 15.5 Å². The van der Waals surface area contributed by atoms with Gasteiger partial charge in [0.1, 0.15) is 0 Å². The Hall–Kier alpha value is -2.23. The maximum Gasteiger partial charge on any atom is 0.418 e. The normalized spacial score (nSPS) is 19.5. The molecule has 3 unspecified atom stereocenters. The molecule has 0 bridgehead atoms. The summed E-state index contributed by atoms with van der Waals surface area (Å²) in [6.45, 7) is 3.01. The Labute approximate surface area is 263 Å². The molecule has 0 aromatic rings. The van der Waals surface area contributed by atoms with Gasteiger partial charge in [-0.3, -0.25) is 9.59 Å². The number of ether oxygens (including phenoxy) is 1. The molecule has 4 amide bonds. The number of aliphatic carboxylic acids is 1. The molecule has 2 fully saturated rings. The van der Waals surface area contributed by atoms with Crippen LogP contribution < -0.4 is 10.6 Å². The monoisotopic (exact) mass is 623 g/mol. The fourth-order valence-electron chi connectivity index (χ4n) is 5.70. The summed E-state index contributed by atoms with van der Waals surface area (Å²) < 4.78 is 5.37. The summed E-state index contributed by atoms with van der Waals surface area (Å²) in [5.41, 5.74) is 0. The van der Waals surface area contributed by atoms with Gasteiger partial charge in [-0.1, -0.05) is 76.9 Å². The summed E-state index contributed by atoms with van der Waals surface area (Å²) in [7, 11) is 0. The number of unbranched alkanes of at least 4 members (excludes halogenated alkanes) is 13. The van der Waals surface area contributed by atoms with Crippen LogP contribution in [-0.4, -0.2) is 70.2 Å². The number of carboxylic acids is 1. The zero-order valence-electron chi connectivity index (χ0n) is 26.5. The second-order valence-electron chi connectivity index (χ2n) is 11.9. The van der Waals surface area contributed by atoms with Crippen molar-refractivity contribution in [3.63, 3.8) is 0 Å². The molecule has 0 spiro atoms. The Bertz CT molecular complexity index is 854. The third-order valence-corrected chi connectivity index (χ3v) is 9.74. The smallest absolute Gasteiger partial charge is 0.418 e. The average Bonchev–Trinajstić information content (AvgIpc) is 3.52. The van der Waals surface area contributed by atoms with Crippen molar-refractivity contribution in [2.75, 3.05) is 18.9 Å². The summed E-state index contributed by atoms with van der Waals surface area (Å²) in [4.78, 5) is 49.0. The lowest BCUT2D eigenvalue weighted by Crippen LogP contribution is -2.42. The van der Waals surface area contributed by atoms with Crippen molar-refractivity contribution in [1.29, 1.82) is 0 Å². The molecule has 2 heterocycles. The highest BCUT2D eigenvalue weighted by Crippen LogP contribution is 2.37. The first-order chi connectivity index (χ1) is 20.9. The van der Waals surface area contributed by atoms with E-state index in [0.717, 1.165) is 32.1 Å². The Balaban J connectivity index is 1.41. The van der Waals surface area contributed by atoms with E-state index in [-0.39, 0.29) is 36.3 Å². The first-order valence-corrected chi connectivity index (χ1v) is 18.0. The van der Waals surface area contributed by atoms with E-state index in [9.17, 15) is 19.2 Å². The highest BCUT2D eigenvalue weighted by atomic mass is 32.2. The van der Waals surface area contributed by atoms with Crippen LogP contribution in [0.4, 0.5) is 9.59 Å². The van der Waals surface area contributed by atoms with Crippen LogP contribution in [-0.2, 0) is 14.3 Å². The topological polar surface area (TPSA) is 125 Å². The van der Waals surface area contributed by atoms with E-state index in [1.165, 1.54) is 69.1 Å². The molecule has 246 valence electrons. The molecule has 0 radical (unpaired) electrons. The number of nitrogens with one attached hydrogen (secondary N) is 2. The molecule has 0 aromatic heterocycles. The predicted octanol–water partition coefficient (Wildman–Crippen LogP) is 7.58. The average molecular weight is 624 g/mol. The van der Waals surface area contributed by atoms with Crippen molar-refractivity contribution < 1.29 is 29.0 Å². The second kappa shape index (κ2) is 23.2. The fraction of sp³-hybridized carbons (Fsp3) is 0.818. The van der Waals surface area contributed by atoms with Crippen molar-refractivity contribution >= 4 is 35.8 Å². The molecule has 10 heteroatoms. The van der Waals surface area contributed by atoms with E-state index in [2.05, 4.69) is 29.7 Å². The number of fused-ring (bicyclic) bond motifs is 1.